The molecule has 3 aromatic heterocycles. The molecular weight excluding hydrogens is 386 g/mol. The first-order valence-electron chi connectivity index (χ1n) is 9.66. The van der Waals surface area contributed by atoms with Crippen LogP contribution in [0.1, 0.15) is 11.1 Å². The summed E-state index contributed by atoms with van der Waals surface area (Å²) in [6.45, 7) is 0. The molecule has 4 aromatic carbocycles. The highest BCUT2D eigenvalue weighted by atomic mass is 32.1. The van der Waals surface area contributed by atoms with Crippen LogP contribution in [0.3, 0.4) is 0 Å². The molecule has 0 aliphatic carbocycles. The van der Waals surface area contributed by atoms with E-state index in [9.17, 15) is 10.5 Å². The summed E-state index contributed by atoms with van der Waals surface area (Å²) < 4.78 is 4.78. The van der Waals surface area contributed by atoms with Crippen LogP contribution in [0.2, 0.25) is 0 Å². The maximum Gasteiger partial charge on any atom is 0.0992 e. The fourth-order valence-electron chi connectivity index (χ4n) is 4.96. The number of aromatic nitrogens is 1. The standard InChI is InChI=1S/C26H11N3S/c27-12-14-5-7-16-19-11-23-24(18-3-1-2-4-22(18)30-23)25-17-8-6-15(13-28)10-21(17)29(26(19)25)20(16)9-14/h1-11H. The molecule has 0 fully saturated rings. The van der Waals surface area contributed by atoms with Crippen molar-refractivity contribution in [3.63, 3.8) is 0 Å². The quantitative estimate of drug-likeness (QED) is 0.278. The fraction of sp³-hybridized carbons (Fsp3) is 0. The average molecular weight is 397 g/mol. The van der Waals surface area contributed by atoms with Gasteiger partial charge in [-0.05, 0) is 36.4 Å². The number of nitrogens with zero attached hydrogens (tertiary/aromatic N) is 3. The van der Waals surface area contributed by atoms with Gasteiger partial charge in [0.25, 0.3) is 0 Å². The molecule has 0 bridgehead atoms. The smallest absolute Gasteiger partial charge is 0.0992 e. The number of nitriles is 2. The zero-order valence-electron chi connectivity index (χ0n) is 15.6. The number of hydrogen-bond donors (Lipinski definition) is 0. The Balaban J connectivity index is 1.90. The lowest BCUT2D eigenvalue weighted by molar-refractivity contribution is 1.36. The summed E-state index contributed by atoms with van der Waals surface area (Å²) in [7, 11) is 0. The van der Waals surface area contributed by atoms with E-state index in [1.54, 1.807) is 0 Å². The minimum Gasteiger partial charge on any atom is -0.308 e. The lowest BCUT2D eigenvalue weighted by atomic mass is 10.0. The van der Waals surface area contributed by atoms with Crippen LogP contribution in [0.4, 0.5) is 0 Å². The van der Waals surface area contributed by atoms with Crippen LogP contribution in [0.15, 0.2) is 66.7 Å². The Kier molecular flexibility index (Phi) is 2.77. The Labute approximate surface area is 174 Å². The van der Waals surface area contributed by atoms with Gasteiger partial charge in [0.05, 0.1) is 39.8 Å². The molecule has 7 aromatic rings. The second-order valence-electron chi connectivity index (χ2n) is 7.64. The molecule has 0 aliphatic rings. The highest BCUT2D eigenvalue weighted by Crippen LogP contribution is 2.47. The summed E-state index contributed by atoms with van der Waals surface area (Å²) in [6, 6.07) is 27.2. The first-order valence-corrected chi connectivity index (χ1v) is 10.5. The van der Waals surface area contributed by atoms with Gasteiger partial charge in [-0.3, -0.25) is 0 Å². The molecule has 136 valence electrons. The van der Waals surface area contributed by atoms with E-state index < -0.39 is 0 Å². The molecule has 0 saturated heterocycles. The van der Waals surface area contributed by atoms with Gasteiger partial charge in [0.2, 0.25) is 0 Å². The fourth-order valence-corrected chi connectivity index (χ4v) is 6.11. The number of thiophene rings is 1. The van der Waals surface area contributed by atoms with Gasteiger partial charge < -0.3 is 4.40 Å². The summed E-state index contributed by atoms with van der Waals surface area (Å²) in [5, 5.41) is 26.2. The van der Waals surface area contributed by atoms with Gasteiger partial charge in [0, 0.05) is 41.7 Å². The van der Waals surface area contributed by atoms with Crippen molar-refractivity contribution in [2.45, 2.75) is 0 Å². The van der Waals surface area contributed by atoms with Crippen molar-refractivity contribution in [1.29, 1.82) is 10.5 Å². The third-order valence-electron chi connectivity index (χ3n) is 6.16. The largest absolute Gasteiger partial charge is 0.308 e. The summed E-state index contributed by atoms with van der Waals surface area (Å²) >= 11 is 1.82. The predicted octanol–water partition coefficient (Wildman–Crippen LogP) is 6.95. The van der Waals surface area contributed by atoms with Gasteiger partial charge >= 0.3 is 0 Å². The first kappa shape index (κ1) is 15.8. The van der Waals surface area contributed by atoms with Crippen LogP contribution in [0, 0.1) is 22.7 Å². The van der Waals surface area contributed by atoms with Gasteiger partial charge in [0.1, 0.15) is 0 Å². The first-order chi connectivity index (χ1) is 14.8. The molecular formula is C26H11N3S. The number of rotatable bonds is 0. The van der Waals surface area contributed by atoms with E-state index in [2.05, 4.69) is 59.0 Å². The number of hydrogen-bond acceptors (Lipinski definition) is 3. The molecule has 0 spiro atoms. The Morgan fingerprint density at radius 3 is 2.10 bits per heavy atom. The van der Waals surface area contributed by atoms with Gasteiger partial charge in [-0.15, -0.1) is 11.3 Å². The molecule has 0 radical (unpaired) electrons. The average Bonchev–Trinajstić information content (AvgIpc) is 3.43. The predicted molar refractivity (Wildman–Crippen MR) is 123 cm³/mol. The zero-order chi connectivity index (χ0) is 20.0. The van der Waals surface area contributed by atoms with Crippen molar-refractivity contribution in [3.05, 3.63) is 77.9 Å². The highest BCUT2D eigenvalue weighted by molar-refractivity contribution is 7.26. The van der Waals surface area contributed by atoms with Crippen LogP contribution < -0.4 is 0 Å². The van der Waals surface area contributed by atoms with E-state index in [-0.39, 0.29) is 0 Å². The van der Waals surface area contributed by atoms with Crippen molar-refractivity contribution in [1.82, 2.24) is 4.40 Å². The number of benzene rings is 4. The Morgan fingerprint density at radius 2 is 1.33 bits per heavy atom. The highest BCUT2D eigenvalue weighted by Gasteiger charge is 2.22. The third-order valence-corrected chi connectivity index (χ3v) is 7.28. The lowest BCUT2D eigenvalue weighted by Gasteiger charge is -2.00. The molecule has 0 atom stereocenters. The monoisotopic (exact) mass is 397 g/mol. The van der Waals surface area contributed by atoms with Crippen molar-refractivity contribution >= 4 is 69.6 Å². The summed E-state index contributed by atoms with van der Waals surface area (Å²) in [6.07, 6.45) is 0. The molecule has 0 amide bonds. The minimum atomic E-state index is 0.638. The van der Waals surface area contributed by atoms with Crippen molar-refractivity contribution in [3.8, 4) is 12.1 Å². The molecule has 3 heterocycles. The molecule has 7 rings (SSSR count). The minimum absolute atomic E-state index is 0.638. The topological polar surface area (TPSA) is 52.0 Å². The van der Waals surface area contributed by atoms with Crippen molar-refractivity contribution < 1.29 is 0 Å². The molecule has 0 N–H and O–H groups in total. The second-order valence-corrected chi connectivity index (χ2v) is 8.73. The summed E-state index contributed by atoms with van der Waals surface area (Å²) in [5.74, 6) is 0. The van der Waals surface area contributed by atoms with Gasteiger partial charge in [-0.25, -0.2) is 0 Å². The van der Waals surface area contributed by atoms with Crippen molar-refractivity contribution in [2.24, 2.45) is 0 Å². The SMILES string of the molecule is N#Cc1ccc2c3cc4sc5ccccc5c4c4c5ccc(C#N)cc5n(c2c1)c34. The van der Waals surface area contributed by atoms with Crippen LogP contribution in [-0.2, 0) is 0 Å². The molecule has 0 aliphatic heterocycles. The third kappa shape index (κ3) is 1.74. The van der Waals surface area contributed by atoms with E-state index in [1.807, 2.05) is 35.6 Å². The van der Waals surface area contributed by atoms with Crippen LogP contribution in [0.25, 0.3) is 58.3 Å². The summed E-state index contributed by atoms with van der Waals surface area (Å²) in [4.78, 5) is 0. The maximum absolute atomic E-state index is 9.51. The van der Waals surface area contributed by atoms with Gasteiger partial charge in [-0.1, -0.05) is 30.3 Å². The van der Waals surface area contributed by atoms with Crippen LogP contribution in [0.5, 0.6) is 0 Å². The van der Waals surface area contributed by atoms with E-state index in [0.717, 1.165) is 21.8 Å². The summed E-state index contributed by atoms with van der Waals surface area (Å²) in [5.41, 5.74) is 4.48. The van der Waals surface area contributed by atoms with Crippen molar-refractivity contribution in [2.75, 3.05) is 0 Å². The van der Waals surface area contributed by atoms with Crippen LogP contribution >= 0.6 is 11.3 Å². The van der Waals surface area contributed by atoms with E-state index in [1.165, 1.54) is 36.5 Å². The lowest BCUT2D eigenvalue weighted by Crippen LogP contribution is -1.83. The normalized spacial score (nSPS) is 11.9. The van der Waals surface area contributed by atoms with E-state index >= 15 is 0 Å². The molecule has 0 unspecified atom stereocenters. The van der Waals surface area contributed by atoms with E-state index in [4.69, 9.17) is 0 Å². The van der Waals surface area contributed by atoms with Gasteiger partial charge in [-0.2, -0.15) is 10.5 Å². The van der Waals surface area contributed by atoms with Gasteiger partial charge in [0.15, 0.2) is 0 Å². The Morgan fingerprint density at radius 1 is 0.633 bits per heavy atom. The molecule has 0 saturated carbocycles. The zero-order valence-corrected chi connectivity index (χ0v) is 16.4. The van der Waals surface area contributed by atoms with Crippen LogP contribution in [-0.4, -0.2) is 4.40 Å². The number of fused-ring (bicyclic) bond motifs is 10. The Hall–Kier alpha value is -4.12. The van der Waals surface area contributed by atoms with E-state index in [0.29, 0.717) is 11.1 Å². The second kappa shape index (κ2) is 5.27. The maximum atomic E-state index is 9.51. The molecule has 3 nitrogen and oxygen atoms in total. The Bertz CT molecular complexity index is 1920. The molecule has 30 heavy (non-hydrogen) atoms. The molecule has 4 heteroatoms.